The Balaban J connectivity index is 2.49. The summed E-state index contributed by atoms with van der Waals surface area (Å²) in [5, 5.41) is 32.7. The van der Waals surface area contributed by atoms with Crippen molar-refractivity contribution in [2.24, 2.45) is 0 Å². The van der Waals surface area contributed by atoms with Crippen LogP contribution in [0.3, 0.4) is 0 Å². The highest BCUT2D eigenvalue weighted by Gasteiger charge is 2.17. The van der Waals surface area contributed by atoms with Crippen molar-refractivity contribution in [3.05, 3.63) is 51.3 Å². The van der Waals surface area contributed by atoms with Gasteiger partial charge in [0.1, 0.15) is 0 Å². The molecule has 1 heterocycles. The van der Waals surface area contributed by atoms with Gasteiger partial charge in [0, 0.05) is 30.5 Å². The number of aliphatic hydroxyl groups excluding tert-OH is 1. The van der Waals surface area contributed by atoms with E-state index in [1.165, 1.54) is 29.1 Å². The topological polar surface area (TPSA) is 118 Å². The lowest BCUT2D eigenvalue weighted by atomic mass is 10.1. The van der Waals surface area contributed by atoms with E-state index in [1.807, 2.05) is 0 Å². The molecule has 0 radical (unpaired) electrons. The van der Waals surface area contributed by atoms with Gasteiger partial charge in [0.05, 0.1) is 10.6 Å². The summed E-state index contributed by atoms with van der Waals surface area (Å²) in [6.45, 7) is 1.49. The van der Waals surface area contributed by atoms with Crippen LogP contribution in [0, 0.1) is 17.0 Å². The minimum Gasteiger partial charge on any atom is -0.476 e. The van der Waals surface area contributed by atoms with Crippen molar-refractivity contribution >= 4 is 11.7 Å². The molecule has 0 aliphatic rings. The van der Waals surface area contributed by atoms with E-state index >= 15 is 0 Å². The molecule has 1 aromatic heterocycles. The molecule has 0 fully saturated rings. The Morgan fingerprint density at radius 1 is 1.48 bits per heavy atom. The number of aliphatic hydroxyl groups is 1. The molecule has 2 rings (SSSR count). The Bertz CT molecular complexity index is 708. The molecule has 21 heavy (non-hydrogen) atoms. The van der Waals surface area contributed by atoms with Gasteiger partial charge in [0.25, 0.3) is 5.69 Å². The standard InChI is InChI=1S/C13H13N3O5/c1-8-6-10(16(20)21)2-3-11(8)15-7-9(4-5-17)12(14-15)13(18)19/h2-3,6-7,17H,4-5H2,1H3,(H,18,19). The maximum absolute atomic E-state index is 11.1. The van der Waals surface area contributed by atoms with Crippen molar-refractivity contribution in [1.82, 2.24) is 9.78 Å². The number of benzene rings is 1. The van der Waals surface area contributed by atoms with Crippen LogP contribution in [0.25, 0.3) is 5.69 Å². The summed E-state index contributed by atoms with van der Waals surface area (Å²) in [6.07, 6.45) is 1.68. The minimum atomic E-state index is -1.18. The summed E-state index contributed by atoms with van der Waals surface area (Å²) in [5.74, 6) is -1.18. The Labute approximate surface area is 119 Å². The van der Waals surface area contributed by atoms with Gasteiger partial charge in [-0.05, 0) is 25.0 Å². The largest absolute Gasteiger partial charge is 0.476 e. The molecular weight excluding hydrogens is 278 g/mol. The summed E-state index contributed by atoms with van der Waals surface area (Å²) in [7, 11) is 0. The summed E-state index contributed by atoms with van der Waals surface area (Å²) < 4.78 is 1.35. The molecule has 8 heteroatoms. The summed E-state index contributed by atoms with van der Waals surface area (Å²) >= 11 is 0. The molecule has 0 spiro atoms. The van der Waals surface area contributed by atoms with Crippen molar-refractivity contribution in [2.75, 3.05) is 6.61 Å². The Morgan fingerprint density at radius 2 is 2.19 bits per heavy atom. The van der Waals surface area contributed by atoms with E-state index in [2.05, 4.69) is 5.10 Å². The molecule has 0 bridgehead atoms. The second kappa shape index (κ2) is 5.71. The van der Waals surface area contributed by atoms with Gasteiger partial charge in [0.15, 0.2) is 5.69 Å². The number of aromatic carboxylic acids is 1. The molecule has 110 valence electrons. The van der Waals surface area contributed by atoms with Crippen LogP contribution in [-0.2, 0) is 6.42 Å². The van der Waals surface area contributed by atoms with Crippen LogP contribution < -0.4 is 0 Å². The van der Waals surface area contributed by atoms with Gasteiger partial charge < -0.3 is 10.2 Å². The van der Waals surface area contributed by atoms with Crippen molar-refractivity contribution < 1.29 is 19.9 Å². The van der Waals surface area contributed by atoms with Crippen LogP contribution in [-0.4, -0.2) is 37.5 Å². The molecule has 0 atom stereocenters. The van der Waals surface area contributed by atoms with Gasteiger partial charge in [-0.15, -0.1) is 0 Å². The molecular formula is C13H13N3O5. The van der Waals surface area contributed by atoms with E-state index in [0.29, 0.717) is 16.8 Å². The summed E-state index contributed by atoms with van der Waals surface area (Å²) in [5.41, 5.74) is 1.37. The zero-order chi connectivity index (χ0) is 15.6. The fourth-order valence-corrected chi connectivity index (χ4v) is 2.03. The second-order valence-electron chi connectivity index (χ2n) is 4.45. The smallest absolute Gasteiger partial charge is 0.356 e. The minimum absolute atomic E-state index is 0.0440. The molecule has 0 aliphatic carbocycles. The monoisotopic (exact) mass is 291 g/mol. The summed E-state index contributed by atoms with van der Waals surface area (Å²) in [4.78, 5) is 21.3. The number of hydrogen-bond donors (Lipinski definition) is 2. The molecule has 0 saturated carbocycles. The van der Waals surface area contributed by atoms with Gasteiger partial charge in [0.2, 0.25) is 0 Å². The fraction of sp³-hybridized carbons (Fsp3) is 0.231. The van der Waals surface area contributed by atoms with E-state index in [1.54, 1.807) is 6.92 Å². The first kappa shape index (κ1) is 14.7. The second-order valence-corrected chi connectivity index (χ2v) is 4.45. The number of carboxylic acids is 1. The lowest BCUT2D eigenvalue weighted by Crippen LogP contribution is -2.04. The average Bonchev–Trinajstić information content (AvgIpc) is 2.83. The van der Waals surface area contributed by atoms with Gasteiger partial charge >= 0.3 is 5.97 Å². The highest BCUT2D eigenvalue weighted by atomic mass is 16.6. The van der Waals surface area contributed by atoms with E-state index in [9.17, 15) is 14.9 Å². The molecule has 2 N–H and O–H groups in total. The third-order valence-electron chi connectivity index (χ3n) is 3.01. The Hall–Kier alpha value is -2.74. The quantitative estimate of drug-likeness (QED) is 0.633. The number of carbonyl (C=O) groups is 1. The van der Waals surface area contributed by atoms with Gasteiger partial charge in [-0.3, -0.25) is 10.1 Å². The Kier molecular flexibility index (Phi) is 3.99. The third kappa shape index (κ3) is 2.90. The molecule has 8 nitrogen and oxygen atoms in total. The highest BCUT2D eigenvalue weighted by Crippen LogP contribution is 2.21. The number of aryl methyl sites for hydroxylation is 1. The maximum atomic E-state index is 11.1. The first-order valence-corrected chi connectivity index (χ1v) is 6.12. The van der Waals surface area contributed by atoms with Crippen LogP contribution >= 0.6 is 0 Å². The molecule has 0 saturated heterocycles. The number of rotatable bonds is 5. The highest BCUT2D eigenvalue weighted by molar-refractivity contribution is 5.87. The van der Waals surface area contributed by atoms with E-state index in [4.69, 9.17) is 10.2 Å². The number of carboxylic acid groups (broad SMARTS) is 1. The van der Waals surface area contributed by atoms with Crippen molar-refractivity contribution in [2.45, 2.75) is 13.3 Å². The van der Waals surface area contributed by atoms with Crippen LogP contribution in [0.5, 0.6) is 0 Å². The lowest BCUT2D eigenvalue weighted by Gasteiger charge is -2.05. The lowest BCUT2D eigenvalue weighted by molar-refractivity contribution is -0.384. The molecule has 0 unspecified atom stereocenters. The number of nitro groups is 1. The predicted octanol–water partition coefficient (Wildman–Crippen LogP) is 1.32. The van der Waals surface area contributed by atoms with E-state index < -0.39 is 10.9 Å². The van der Waals surface area contributed by atoms with Crippen molar-refractivity contribution in [3.8, 4) is 5.69 Å². The fourth-order valence-electron chi connectivity index (χ4n) is 2.03. The first-order chi connectivity index (χ1) is 9.93. The van der Waals surface area contributed by atoms with Gasteiger partial charge in [-0.1, -0.05) is 0 Å². The number of aromatic nitrogens is 2. The van der Waals surface area contributed by atoms with Crippen LogP contribution in [0.2, 0.25) is 0 Å². The van der Waals surface area contributed by atoms with Crippen LogP contribution in [0.1, 0.15) is 21.6 Å². The van der Waals surface area contributed by atoms with E-state index in [-0.39, 0.29) is 24.4 Å². The normalized spacial score (nSPS) is 10.6. The predicted molar refractivity (Wildman–Crippen MR) is 72.7 cm³/mol. The summed E-state index contributed by atoms with van der Waals surface area (Å²) in [6, 6.07) is 4.23. The van der Waals surface area contributed by atoms with Crippen molar-refractivity contribution in [3.63, 3.8) is 0 Å². The number of non-ortho nitro benzene ring substituents is 1. The average molecular weight is 291 g/mol. The Morgan fingerprint density at radius 3 is 2.71 bits per heavy atom. The molecule has 2 aromatic rings. The molecule has 0 amide bonds. The molecule has 0 aliphatic heterocycles. The van der Waals surface area contributed by atoms with Gasteiger partial charge in [-0.2, -0.15) is 5.10 Å². The number of nitrogens with zero attached hydrogens (tertiary/aromatic N) is 3. The number of nitro benzene ring substituents is 1. The molecule has 1 aromatic carbocycles. The van der Waals surface area contributed by atoms with Crippen molar-refractivity contribution in [1.29, 1.82) is 0 Å². The van der Waals surface area contributed by atoms with E-state index in [0.717, 1.165) is 0 Å². The SMILES string of the molecule is Cc1cc([N+](=O)[O-])ccc1-n1cc(CCO)c(C(=O)O)n1. The zero-order valence-electron chi connectivity index (χ0n) is 11.2. The van der Waals surface area contributed by atoms with Crippen LogP contribution in [0.15, 0.2) is 24.4 Å². The third-order valence-corrected chi connectivity index (χ3v) is 3.01. The number of hydrogen-bond acceptors (Lipinski definition) is 5. The first-order valence-electron chi connectivity index (χ1n) is 6.12. The van der Waals surface area contributed by atoms with Gasteiger partial charge in [-0.25, -0.2) is 9.48 Å². The maximum Gasteiger partial charge on any atom is 0.356 e. The van der Waals surface area contributed by atoms with Crippen LogP contribution in [0.4, 0.5) is 5.69 Å². The zero-order valence-corrected chi connectivity index (χ0v) is 11.2.